The van der Waals surface area contributed by atoms with Crippen LogP contribution in [0.4, 0.5) is 22.9 Å². The number of nitrogens with zero attached hydrogens (tertiary/aromatic N) is 4. The molecule has 40 heavy (non-hydrogen) atoms. The number of aryl methyl sites for hydroxylation is 2. The molecular weight excluding hydrogens is 532 g/mol. The molecule has 11 nitrogen and oxygen atoms in total. The first-order valence-electron chi connectivity index (χ1n) is 13.3. The van der Waals surface area contributed by atoms with Crippen molar-refractivity contribution in [3.05, 3.63) is 90.6 Å². The smallest absolute Gasteiger partial charge is 0.329 e. The highest BCUT2D eigenvalue weighted by atomic mass is 32.2. The molecule has 1 fully saturated rings. The maximum absolute atomic E-state index is 12.6. The number of piperazine rings is 1. The number of aromatic nitrogens is 2. The summed E-state index contributed by atoms with van der Waals surface area (Å²) in [4.78, 5) is 54.9. The Hall–Kier alpha value is -4.06. The van der Waals surface area contributed by atoms with E-state index >= 15 is 0 Å². The Balaban J connectivity index is 1.19. The fraction of sp³-hybridized carbons (Fsp3) is 0.393. The van der Waals surface area contributed by atoms with Crippen LogP contribution in [0.1, 0.15) is 24.5 Å². The Morgan fingerprint density at radius 1 is 1.07 bits per heavy atom. The number of thioether (sulfide) groups is 1. The van der Waals surface area contributed by atoms with Crippen LogP contribution in [0.25, 0.3) is 0 Å². The highest BCUT2D eigenvalue weighted by molar-refractivity contribution is 7.99. The minimum atomic E-state index is -0.468. The fourth-order valence-electron chi connectivity index (χ4n) is 4.66. The molecule has 1 aliphatic rings. The number of rotatable bonds is 11. The molecule has 0 bridgehead atoms. The molecule has 0 aliphatic carbocycles. The summed E-state index contributed by atoms with van der Waals surface area (Å²) in [7, 11) is 0. The number of H-pyrrole nitrogens is 1. The summed E-state index contributed by atoms with van der Waals surface area (Å²) >= 11 is 1.49. The molecule has 1 aliphatic heterocycles. The van der Waals surface area contributed by atoms with Crippen LogP contribution in [-0.4, -0.2) is 63.0 Å². The van der Waals surface area contributed by atoms with Gasteiger partial charge in [0, 0.05) is 62.3 Å². The summed E-state index contributed by atoms with van der Waals surface area (Å²) in [6.07, 6.45) is 1.48. The van der Waals surface area contributed by atoms with E-state index in [1.807, 2.05) is 30.0 Å². The van der Waals surface area contributed by atoms with Crippen LogP contribution in [0.5, 0.6) is 0 Å². The molecular formula is C28H34N6O5S. The van der Waals surface area contributed by atoms with E-state index < -0.39 is 10.6 Å². The van der Waals surface area contributed by atoms with Gasteiger partial charge >= 0.3 is 5.69 Å². The van der Waals surface area contributed by atoms with E-state index in [2.05, 4.69) is 22.1 Å². The predicted molar refractivity (Wildman–Crippen MR) is 159 cm³/mol. The lowest BCUT2D eigenvalue weighted by Crippen LogP contribution is -2.49. The number of hydrogen-bond acceptors (Lipinski definition) is 8. The molecule has 0 saturated carbocycles. The van der Waals surface area contributed by atoms with Gasteiger partial charge in [-0.25, -0.2) is 4.79 Å². The van der Waals surface area contributed by atoms with E-state index in [0.29, 0.717) is 49.9 Å². The second-order valence-corrected chi connectivity index (χ2v) is 10.8. The minimum absolute atomic E-state index is 0.0566. The van der Waals surface area contributed by atoms with Gasteiger partial charge in [-0.2, -0.15) is 11.8 Å². The quantitative estimate of drug-likeness (QED) is 0.205. The highest BCUT2D eigenvalue weighted by Crippen LogP contribution is 2.21. The number of nitrogens with one attached hydrogen (secondary N) is 2. The molecule has 2 N–H and O–H groups in total. The summed E-state index contributed by atoms with van der Waals surface area (Å²) in [5.74, 6) is 1.39. The molecule has 1 aromatic heterocycles. The van der Waals surface area contributed by atoms with Gasteiger partial charge in [-0.3, -0.25) is 29.3 Å². The van der Waals surface area contributed by atoms with Crippen LogP contribution >= 0.6 is 11.8 Å². The van der Waals surface area contributed by atoms with Crippen LogP contribution < -0.4 is 21.5 Å². The van der Waals surface area contributed by atoms with Crippen molar-refractivity contribution < 1.29 is 9.72 Å². The lowest BCUT2D eigenvalue weighted by Gasteiger charge is -2.36. The van der Waals surface area contributed by atoms with Gasteiger partial charge in [0.25, 0.3) is 11.2 Å². The summed E-state index contributed by atoms with van der Waals surface area (Å²) in [5, 5.41) is 14.0. The summed E-state index contributed by atoms with van der Waals surface area (Å²) in [6, 6.07) is 13.8. The number of nitro groups is 1. The molecule has 2 heterocycles. The molecule has 1 saturated heterocycles. The largest absolute Gasteiger partial charge is 0.368 e. The normalized spacial score (nSPS) is 13.3. The Morgan fingerprint density at radius 3 is 2.45 bits per heavy atom. The maximum atomic E-state index is 12.6. The summed E-state index contributed by atoms with van der Waals surface area (Å²) in [5.41, 5.74) is 3.32. The minimum Gasteiger partial charge on any atom is -0.368 e. The number of hydrogen-bond donors (Lipinski definition) is 2. The van der Waals surface area contributed by atoms with Gasteiger partial charge in [-0.15, -0.1) is 0 Å². The average Bonchev–Trinajstić information content (AvgIpc) is 2.95. The molecule has 212 valence electrons. The van der Waals surface area contributed by atoms with Crippen molar-refractivity contribution in [2.24, 2.45) is 0 Å². The number of carbonyl (C=O) groups is 1. The van der Waals surface area contributed by atoms with Crippen LogP contribution in [0.15, 0.2) is 58.1 Å². The molecule has 0 spiro atoms. The third kappa shape index (κ3) is 7.32. The van der Waals surface area contributed by atoms with Crippen LogP contribution in [0.2, 0.25) is 0 Å². The average molecular weight is 567 g/mol. The van der Waals surface area contributed by atoms with Crippen LogP contribution in [-0.2, 0) is 17.8 Å². The van der Waals surface area contributed by atoms with Gasteiger partial charge < -0.3 is 15.1 Å². The van der Waals surface area contributed by atoms with Gasteiger partial charge in [0.2, 0.25) is 5.91 Å². The van der Waals surface area contributed by atoms with Crippen molar-refractivity contribution in [3.8, 4) is 0 Å². The Bertz CT molecular complexity index is 1430. The van der Waals surface area contributed by atoms with Crippen molar-refractivity contribution in [2.45, 2.75) is 33.2 Å². The fourth-order valence-corrected chi connectivity index (χ4v) is 5.49. The number of nitro benzene ring substituents is 1. The number of non-ortho nitro benzene ring substituents is 1. The lowest BCUT2D eigenvalue weighted by atomic mass is 10.1. The number of anilines is 3. The van der Waals surface area contributed by atoms with Crippen molar-refractivity contribution >= 4 is 40.5 Å². The summed E-state index contributed by atoms with van der Waals surface area (Å²) in [6.45, 7) is 6.90. The van der Waals surface area contributed by atoms with Gasteiger partial charge in [0.15, 0.2) is 0 Å². The van der Waals surface area contributed by atoms with Gasteiger partial charge in [-0.05, 0) is 60.9 Å². The van der Waals surface area contributed by atoms with Crippen LogP contribution in [0, 0.1) is 17.0 Å². The maximum Gasteiger partial charge on any atom is 0.329 e. The first-order chi connectivity index (χ1) is 19.2. The number of carbonyl (C=O) groups excluding carboxylic acids is 1. The second-order valence-electron chi connectivity index (χ2n) is 9.65. The topological polar surface area (TPSA) is 134 Å². The summed E-state index contributed by atoms with van der Waals surface area (Å²) < 4.78 is 1.18. The zero-order valence-electron chi connectivity index (χ0n) is 22.7. The monoisotopic (exact) mass is 566 g/mol. The van der Waals surface area contributed by atoms with Gasteiger partial charge in [0.1, 0.15) is 5.82 Å². The van der Waals surface area contributed by atoms with E-state index in [0.717, 1.165) is 17.8 Å². The Labute approximate surface area is 236 Å². The number of amides is 1. The van der Waals surface area contributed by atoms with Gasteiger partial charge in [0.05, 0.1) is 10.7 Å². The van der Waals surface area contributed by atoms with Crippen LogP contribution in [0.3, 0.4) is 0 Å². The SMILES string of the molecule is CCc1cc(Nc2cc(=O)n(CCCSCC(=O)N3CCN(c4ccc([N+](=O)[O-])cc4)CC3)c(=O)[nH]2)ccc1C. The molecule has 12 heteroatoms. The standard InChI is InChI=1S/C28H34N6O5S/c1-3-21-17-22(6-5-20(21)2)29-25-18-26(35)33(28(37)30-25)11-4-16-40-19-27(36)32-14-12-31(13-15-32)23-7-9-24(10-8-23)34(38)39/h5-10,17-18,29H,3-4,11-16,19H2,1-2H3,(H,30,37). The third-order valence-corrected chi connectivity index (χ3v) is 8.01. The highest BCUT2D eigenvalue weighted by Gasteiger charge is 2.21. The predicted octanol–water partition coefficient (Wildman–Crippen LogP) is 3.53. The molecule has 4 rings (SSSR count). The molecule has 0 atom stereocenters. The second kappa shape index (κ2) is 13.3. The van der Waals surface area contributed by atoms with Crippen molar-refractivity contribution in [1.29, 1.82) is 0 Å². The molecule has 2 aromatic carbocycles. The van der Waals surface area contributed by atoms with Crippen molar-refractivity contribution in [2.75, 3.05) is 47.9 Å². The zero-order valence-corrected chi connectivity index (χ0v) is 23.5. The molecule has 1 amide bonds. The number of aromatic amines is 1. The van der Waals surface area contributed by atoms with E-state index in [1.54, 1.807) is 12.1 Å². The van der Waals surface area contributed by atoms with Crippen molar-refractivity contribution in [3.63, 3.8) is 0 Å². The Kier molecular flexibility index (Phi) is 9.65. The van der Waals surface area contributed by atoms with E-state index in [9.17, 15) is 24.5 Å². The third-order valence-electron chi connectivity index (χ3n) is 6.98. The molecule has 0 radical (unpaired) electrons. The molecule has 0 unspecified atom stereocenters. The number of benzene rings is 2. The van der Waals surface area contributed by atoms with E-state index in [4.69, 9.17) is 0 Å². The van der Waals surface area contributed by atoms with E-state index in [-0.39, 0.29) is 23.7 Å². The first-order valence-corrected chi connectivity index (χ1v) is 14.5. The Morgan fingerprint density at radius 2 is 1.80 bits per heavy atom. The first kappa shape index (κ1) is 28.9. The van der Waals surface area contributed by atoms with E-state index in [1.165, 1.54) is 45.7 Å². The lowest BCUT2D eigenvalue weighted by molar-refractivity contribution is -0.384. The van der Waals surface area contributed by atoms with Crippen molar-refractivity contribution in [1.82, 2.24) is 14.5 Å². The van der Waals surface area contributed by atoms with Gasteiger partial charge in [-0.1, -0.05) is 13.0 Å². The zero-order chi connectivity index (χ0) is 28.6. The molecule has 3 aromatic rings.